The van der Waals surface area contributed by atoms with Gasteiger partial charge in [0.05, 0.1) is 11.4 Å². The van der Waals surface area contributed by atoms with Gasteiger partial charge in [0.25, 0.3) is 0 Å². The Morgan fingerprint density at radius 1 is 0.964 bits per heavy atom. The number of nitrogens with one attached hydrogen (secondary N) is 1. The van der Waals surface area contributed by atoms with Crippen LogP contribution in [0.15, 0.2) is 59.5 Å². The summed E-state index contributed by atoms with van der Waals surface area (Å²) in [5, 5.41) is 3.09. The van der Waals surface area contributed by atoms with E-state index in [1.165, 1.54) is 4.31 Å². The average Bonchev–Trinajstić information content (AvgIpc) is 2.68. The number of sulfonamides is 1. The molecule has 28 heavy (non-hydrogen) atoms. The van der Waals surface area contributed by atoms with E-state index in [1.54, 1.807) is 29.2 Å². The van der Waals surface area contributed by atoms with Gasteiger partial charge >= 0.3 is 0 Å². The van der Waals surface area contributed by atoms with E-state index in [1.807, 2.05) is 58.0 Å². The molecule has 0 bridgehead atoms. The highest BCUT2D eigenvalue weighted by molar-refractivity contribution is 7.89. The number of amides is 1. The number of benzene rings is 2. The Labute approximate surface area is 168 Å². The van der Waals surface area contributed by atoms with Gasteiger partial charge in [-0.15, -0.1) is 0 Å². The molecule has 6 nitrogen and oxygen atoms in total. The van der Waals surface area contributed by atoms with Crippen LogP contribution >= 0.6 is 0 Å². The number of hydrogen-bond acceptors (Lipinski definition) is 4. The molecule has 2 aromatic carbocycles. The van der Waals surface area contributed by atoms with E-state index in [4.69, 9.17) is 0 Å². The molecule has 0 fully saturated rings. The molecule has 0 aliphatic heterocycles. The third-order valence-electron chi connectivity index (χ3n) is 4.46. The topological polar surface area (TPSA) is 69.7 Å². The number of carbonyl (C=O) groups excluding carboxylic acids is 1. The minimum Gasteiger partial charge on any atom is -0.376 e. The van der Waals surface area contributed by atoms with Crippen LogP contribution in [0.3, 0.4) is 0 Å². The lowest BCUT2D eigenvalue weighted by atomic mass is 10.2. The zero-order chi connectivity index (χ0) is 20.7. The van der Waals surface area contributed by atoms with Crippen molar-refractivity contribution in [3.8, 4) is 0 Å². The molecule has 0 atom stereocenters. The first kappa shape index (κ1) is 21.9. The summed E-state index contributed by atoms with van der Waals surface area (Å²) in [6, 6.07) is 16.1. The van der Waals surface area contributed by atoms with Crippen molar-refractivity contribution >= 4 is 27.3 Å². The molecule has 0 saturated carbocycles. The highest BCUT2D eigenvalue weighted by atomic mass is 32.2. The van der Waals surface area contributed by atoms with Gasteiger partial charge in [-0.2, -0.15) is 4.31 Å². The molecule has 2 rings (SSSR count). The fraction of sp³-hybridized carbons (Fsp3) is 0.381. The van der Waals surface area contributed by atoms with Crippen LogP contribution in [-0.2, 0) is 14.8 Å². The molecule has 0 unspecified atom stereocenters. The molecule has 0 saturated heterocycles. The van der Waals surface area contributed by atoms with E-state index in [9.17, 15) is 13.2 Å². The third-order valence-corrected chi connectivity index (χ3v) is 6.52. The van der Waals surface area contributed by atoms with Gasteiger partial charge < -0.3 is 10.2 Å². The molecule has 0 aromatic heterocycles. The molecule has 0 spiro atoms. The van der Waals surface area contributed by atoms with Gasteiger partial charge in [-0.3, -0.25) is 4.79 Å². The lowest BCUT2D eigenvalue weighted by Gasteiger charge is -2.27. The van der Waals surface area contributed by atoms with Crippen LogP contribution in [-0.4, -0.2) is 44.3 Å². The van der Waals surface area contributed by atoms with Crippen molar-refractivity contribution in [1.82, 2.24) is 4.31 Å². The maximum atomic E-state index is 12.7. The van der Waals surface area contributed by atoms with E-state index >= 15 is 0 Å². The highest BCUT2D eigenvalue weighted by Gasteiger charge is 2.21. The summed E-state index contributed by atoms with van der Waals surface area (Å²) < 4.78 is 26.5. The van der Waals surface area contributed by atoms with Crippen LogP contribution in [0.5, 0.6) is 0 Å². The maximum Gasteiger partial charge on any atom is 0.246 e. The van der Waals surface area contributed by atoms with Crippen molar-refractivity contribution < 1.29 is 13.2 Å². The van der Waals surface area contributed by atoms with Crippen LogP contribution in [0.1, 0.15) is 27.7 Å². The van der Waals surface area contributed by atoms with Crippen LogP contribution in [0, 0.1) is 0 Å². The Hall–Kier alpha value is -2.38. The van der Waals surface area contributed by atoms with Gasteiger partial charge in [0.1, 0.15) is 0 Å². The lowest BCUT2D eigenvalue weighted by Crippen LogP contribution is -2.40. The molecule has 2 aromatic rings. The van der Waals surface area contributed by atoms with Crippen molar-refractivity contribution in [3.05, 3.63) is 54.6 Å². The zero-order valence-corrected chi connectivity index (χ0v) is 17.7. The minimum atomic E-state index is -3.48. The maximum absolute atomic E-state index is 12.7. The SMILES string of the molecule is CCN(CC)S(=O)(=O)c1ccc(NCC(=O)N(c2ccccc2)C(C)C)cc1. The van der Waals surface area contributed by atoms with E-state index in [-0.39, 0.29) is 23.4 Å². The van der Waals surface area contributed by atoms with Crippen LogP contribution < -0.4 is 10.2 Å². The standard InChI is InChI=1S/C21H29N3O3S/c1-5-23(6-2)28(26,27)20-14-12-18(13-15-20)22-16-21(25)24(17(3)4)19-10-8-7-9-11-19/h7-15,17,22H,5-6,16H2,1-4H3. The molecule has 1 N–H and O–H groups in total. The predicted octanol–water partition coefficient (Wildman–Crippen LogP) is 3.57. The highest BCUT2D eigenvalue weighted by Crippen LogP contribution is 2.19. The van der Waals surface area contributed by atoms with Crippen LogP contribution in [0.4, 0.5) is 11.4 Å². The first-order valence-corrected chi connectivity index (χ1v) is 11.0. The second-order valence-corrected chi connectivity index (χ2v) is 8.60. The Morgan fingerprint density at radius 2 is 1.54 bits per heavy atom. The number of rotatable bonds is 9. The Kier molecular flexibility index (Phi) is 7.60. The first-order valence-electron chi connectivity index (χ1n) is 9.52. The minimum absolute atomic E-state index is 0.0262. The molecular weight excluding hydrogens is 374 g/mol. The number of carbonyl (C=O) groups is 1. The lowest BCUT2D eigenvalue weighted by molar-refractivity contribution is -0.117. The van der Waals surface area contributed by atoms with Gasteiger partial charge in [-0.25, -0.2) is 8.42 Å². The molecule has 1 amide bonds. The number of nitrogens with zero attached hydrogens (tertiary/aromatic N) is 2. The summed E-state index contributed by atoms with van der Waals surface area (Å²) in [5.74, 6) is -0.0546. The third kappa shape index (κ3) is 5.11. The normalized spacial score (nSPS) is 11.6. The molecule has 0 aliphatic rings. The molecule has 7 heteroatoms. The predicted molar refractivity (Wildman–Crippen MR) is 114 cm³/mol. The summed E-state index contributed by atoms with van der Waals surface area (Å²) in [7, 11) is -3.48. The van der Waals surface area contributed by atoms with E-state index < -0.39 is 10.0 Å². The van der Waals surface area contributed by atoms with E-state index in [0.717, 1.165) is 5.69 Å². The first-order chi connectivity index (χ1) is 13.3. The largest absolute Gasteiger partial charge is 0.376 e. The monoisotopic (exact) mass is 403 g/mol. The van der Waals surface area contributed by atoms with Gasteiger partial charge in [-0.1, -0.05) is 32.0 Å². The quantitative estimate of drug-likeness (QED) is 0.695. The van der Waals surface area contributed by atoms with Gasteiger partial charge in [-0.05, 0) is 50.2 Å². The van der Waals surface area contributed by atoms with Crippen molar-refractivity contribution in [1.29, 1.82) is 0 Å². The molecule has 0 radical (unpaired) electrons. The summed E-state index contributed by atoms with van der Waals surface area (Å²) in [6.45, 7) is 8.55. The van der Waals surface area contributed by atoms with Crippen LogP contribution in [0.25, 0.3) is 0 Å². The second-order valence-electron chi connectivity index (χ2n) is 6.66. The smallest absolute Gasteiger partial charge is 0.246 e. The van der Waals surface area contributed by atoms with Crippen molar-refractivity contribution in [3.63, 3.8) is 0 Å². The molecule has 0 aliphatic carbocycles. The van der Waals surface area contributed by atoms with Crippen molar-refractivity contribution in [2.45, 2.75) is 38.6 Å². The molecule has 152 valence electrons. The van der Waals surface area contributed by atoms with Gasteiger partial charge in [0, 0.05) is 30.5 Å². The summed E-state index contributed by atoms with van der Waals surface area (Å²) in [5.41, 5.74) is 1.55. The number of anilines is 2. The van der Waals surface area contributed by atoms with E-state index in [2.05, 4.69) is 5.32 Å². The number of para-hydroxylation sites is 1. The molecule has 0 heterocycles. The van der Waals surface area contributed by atoms with Crippen LogP contribution in [0.2, 0.25) is 0 Å². The fourth-order valence-electron chi connectivity index (χ4n) is 3.04. The Morgan fingerprint density at radius 3 is 2.04 bits per heavy atom. The zero-order valence-electron chi connectivity index (χ0n) is 16.9. The molecular formula is C21H29N3O3S. The average molecular weight is 404 g/mol. The fourth-order valence-corrected chi connectivity index (χ4v) is 4.50. The van der Waals surface area contributed by atoms with Gasteiger partial charge in [0.15, 0.2) is 0 Å². The number of hydrogen-bond donors (Lipinski definition) is 1. The van der Waals surface area contributed by atoms with Crippen molar-refractivity contribution in [2.24, 2.45) is 0 Å². The summed E-state index contributed by atoms with van der Waals surface area (Å²) in [6.07, 6.45) is 0. The second kappa shape index (κ2) is 9.71. The summed E-state index contributed by atoms with van der Waals surface area (Å²) >= 11 is 0. The van der Waals surface area contributed by atoms with E-state index in [0.29, 0.717) is 18.8 Å². The van der Waals surface area contributed by atoms with Gasteiger partial charge in [0.2, 0.25) is 15.9 Å². The Balaban J connectivity index is 2.07. The van der Waals surface area contributed by atoms with Crippen molar-refractivity contribution in [2.75, 3.05) is 29.9 Å². The summed E-state index contributed by atoms with van der Waals surface area (Å²) in [4.78, 5) is 14.7. The Bertz CT molecular complexity index is 862.